The first-order chi connectivity index (χ1) is 13.6. The lowest BCUT2D eigenvalue weighted by Gasteiger charge is -2.12. The monoisotopic (exact) mass is 398 g/mol. The molecule has 0 saturated heterocycles. The molecule has 2 rings (SSSR count). The van der Waals surface area contributed by atoms with Crippen molar-refractivity contribution in [2.45, 2.75) is 19.8 Å². The fourth-order valence-electron chi connectivity index (χ4n) is 2.68. The molecule has 1 N–H and O–H groups in total. The molecule has 2 aromatic rings. The summed E-state index contributed by atoms with van der Waals surface area (Å²) in [5, 5.41) is 12.5. The van der Waals surface area contributed by atoms with Crippen LogP contribution in [-0.4, -0.2) is 26.2 Å². The van der Waals surface area contributed by atoms with Gasteiger partial charge in [-0.25, -0.2) is 0 Å². The van der Waals surface area contributed by atoms with Crippen LogP contribution in [0.15, 0.2) is 48.0 Å². The second-order valence-electron chi connectivity index (χ2n) is 5.98. The Morgan fingerprint density at radius 1 is 1.29 bits per heavy atom. The third kappa shape index (κ3) is 6.04. The van der Waals surface area contributed by atoms with E-state index in [1.807, 2.05) is 43.3 Å². The van der Waals surface area contributed by atoms with Crippen molar-refractivity contribution in [3.63, 3.8) is 0 Å². The molecular weight excluding hydrogens is 376 g/mol. The van der Waals surface area contributed by atoms with Gasteiger partial charge in [-0.05, 0) is 49.1 Å². The zero-order valence-corrected chi connectivity index (χ0v) is 16.8. The molecule has 5 nitrogen and oxygen atoms in total. The summed E-state index contributed by atoms with van der Waals surface area (Å²) in [6, 6.07) is 15.3. The van der Waals surface area contributed by atoms with Crippen LogP contribution in [0, 0.1) is 11.3 Å². The fraction of sp³-hybridized carbons (Fsp3) is 0.273. The van der Waals surface area contributed by atoms with Gasteiger partial charge in [-0.1, -0.05) is 41.9 Å². The van der Waals surface area contributed by atoms with Gasteiger partial charge in [0.1, 0.15) is 11.6 Å². The number of nitrogens with zero attached hydrogens (tertiary/aromatic N) is 1. The Hall–Kier alpha value is -2.97. The van der Waals surface area contributed by atoms with Gasteiger partial charge in [-0.3, -0.25) is 4.79 Å². The van der Waals surface area contributed by atoms with E-state index in [2.05, 4.69) is 5.32 Å². The predicted molar refractivity (Wildman–Crippen MR) is 111 cm³/mol. The van der Waals surface area contributed by atoms with E-state index < -0.39 is 5.91 Å². The molecule has 0 bridgehead atoms. The minimum atomic E-state index is -0.416. The number of hydrogen-bond donors (Lipinski definition) is 1. The van der Waals surface area contributed by atoms with Crippen LogP contribution in [0.25, 0.3) is 6.08 Å². The molecule has 0 aliphatic rings. The van der Waals surface area contributed by atoms with Crippen molar-refractivity contribution in [3.8, 4) is 17.6 Å². The van der Waals surface area contributed by atoms with E-state index in [1.165, 1.54) is 18.7 Å². The highest BCUT2D eigenvalue weighted by atomic mass is 35.5. The van der Waals surface area contributed by atoms with Gasteiger partial charge < -0.3 is 14.8 Å². The Bertz CT molecular complexity index is 873. The summed E-state index contributed by atoms with van der Waals surface area (Å²) in [7, 11) is 1.50. The summed E-state index contributed by atoms with van der Waals surface area (Å²) >= 11 is 6.22. The molecule has 0 aliphatic heterocycles. The summed E-state index contributed by atoms with van der Waals surface area (Å²) in [4.78, 5) is 12.3. The average molecular weight is 399 g/mol. The number of carbonyl (C=O) groups is 1. The van der Waals surface area contributed by atoms with Crippen LogP contribution in [0.2, 0.25) is 5.02 Å². The molecule has 0 unspecified atom stereocenters. The third-order valence-electron chi connectivity index (χ3n) is 3.98. The van der Waals surface area contributed by atoms with E-state index in [-0.39, 0.29) is 5.57 Å². The molecule has 2 aromatic carbocycles. The molecule has 0 atom stereocenters. The van der Waals surface area contributed by atoms with Crippen LogP contribution < -0.4 is 14.8 Å². The molecule has 0 spiro atoms. The van der Waals surface area contributed by atoms with Crippen molar-refractivity contribution in [1.29, 1.82) is 5.26 Å². The van der Waals surface area contributed by atoms with Crippen LogP contribution in [-0.2, 0) is 11.2 Å². The van der Waals surface area contributed by atoms with Crippen LogP contribution in [0.1, 0.15) is 24.5 Å². The first-order valence-corrected chi connectivity index (χ1v) is 9.41. The van der Waals surface area contributed by atoms with Crippen molar-refractivity contribution in [2.75, 3.05) is 20.3 Å². The minimum Gasteiger partial charge on any atom is -0.491 e. The van der Waals surface area contributed by atoms with Gasteiger partial charge in [0.25, 0.3) is 5.91 Å². The molecule has 0 aliphatic carbocycles. The van der Waals surface area contributed by atoms with E-state index in [0.29, 0.717) is 35.2 Å². The highest BCUT2D eigenvalue weighted by Crippen LogP contribution is 2.36. The number of amides is 1. The smallest absolute Gasteiger partial charge is 0.261 e. The maximum absolute atomic E-state index is 12.3. The highest BCUT2D eigenvalue weighted by Gasteiger charge is 2.13. The van der Waals surface area contributed by atoms with Crippen LogP contribution in [0.5, 0.6) is 11.5 Å². The molecule has 28 heavy (non-hydrogen) atoms. The number of aryl methyl sites for hydroxylation is 1. The fourth-order valence-corrected chi connectivity index (χ4v) is 2.98. The van der Waals surface area contributed by atoms with Gasteiger partial charge in [-0.2, -0.15) is 5.26 Å². The van der Waals surface area contributed by atoms with Crippen molar-refractivity contribution in [2.24, 2.45) is 0 Å². The minimum absolute atomic E-state index is 0.00314. The maximum atomic E-state index is 12.3. The Balaban J connectivity index is 2.04. The molecule has 0 fully saturated rings. The van der Waals surface area contributed by atoms with E-state index in [1.54, 1.807) is 12.1 Å². The molecule has 0 heterocycles. The number of ether oxygens (including phenoxy) is 2. The zero-order valence-electron chi connectivity index (χ0n) is 16.0. The number of methoxy groups -OCH3 is 1. The molecule has 6 heteroatoms. The Kier molecular flexibility index (Phi) is 8.38. The zero-order chi connectivity index (χ0) is 20.4. The lowest BCUT2D eigenvalue weighted by Crippen LogP contribution is -2.25. The predicted octanol–water partition coefficient (Wildman–Crippen LogP) is 4.40. The number of nitriles is 1. The number of carbonyl (C=O) groups excluding carboxylic acids is 1. The van der Waals surface area contributed by atoms with E-state index >= 15 is 0 Å². The second-order valence-corrected chi connectivity index (χ2v) is 6.39. The van der Waals surface area contributed by atoms with Crippen LogP contribution in [0.3, 0.4) is 0 Å². The van der Waals surface area contributed by atoms with E-state index in [9.17, 15) is 10.1 Å². The maximum Gasteiger partial charge on any atom is 0.261 e. The van der Waals surface area contributed by atoms with Crippen molar-refractivity contribution >= 4 is 23.6 Å². The Morgan fingerprint density at radius 2 is 2.04 bits per heavy atom. The number of halogens is 1. The SMILES string of the molecule is CCOc1cc(/C=C(/C#N)C(=O)NCCCc2ccccc2)cc(Cl)c1OC. The van der Waals surface area contributed by atoms with Crippen LogP contribution >= 0.6 is 11.6 Å². The normalized spacial score (nSPS) is 10.9. The quantitative estimate of drug-likeness (QED) is 0.386. The van der Waals surface area contributed by atoms with Gasteiger partial charge in [0.15, 0.2) is 11.5 Å². The highest BCUT2D eigenvalue weighted by molar-refractivity contribution is 6.32. The van der Waals surface area contributed by atoms with Gasteiger partial charge in [0, 0.05) is 6.54 Å². The van der Waals surface area contributed by atoms with E-state index in [0.717, 1.165) is 12.8 Å². The molecule has 0 aromatic heterocycles. The first kappa shape index (κ1) is 21.3. The summed E-state index contributed by atoms with van der Waals surface area (Å²) in [5.41, 5.74) is 1.80. The third-order valence-corrected chi connectivity index (χ3v) is 4.26. The molecule has 0 saturated carbocycles. The standard InChI is InChI=1S/C22H23ClN2O3/c1-3-28-20-14-17(13-19(23)21(20)27-2)12-18(15-24)22(26)25-11-7-10-16-8-5-4-6-9-16/h4-6,8-9,12-14H,3,7,10-11H2,1-2H3,(H,25,26)/b18-12-. The summed E-state index contributed by atoms with van der Waals surface area (Å²) in [6.07, 6.45) is 3.14. The lowest BCUT2D eigenvalue weighted by atomic mass is 10.1. The topological polar surface area (TPSA) is 71.3 Å². The van der Waals surface area contributed by atoms with Crippen molar-refractivity contribution in [3.05, 3.63) is 64.2 Å². The number of hydrogen-bond acceptors (Lipinski definition) is 4. The second kappa shape index (κ2) is 11.0. The summed E-state index contributed by atoms with van der Waals surface area (Å²) < 4.78 is 10.8. The number of benzene rings is 2. The number of nitrogens with one attached hydrogen (secondary N) is 1. The van der Waals surface area contributed by atoms with Gasteiger partial charge in [0.2, 0.25) is 0 Å². The Labute approximate surface area is 170 Å². The van der Waals surface area contributed by atoms with E-state index in [4.69, 9.17) is 21.1 Å². The van der Waals surface area contributed by atoms with Crippen molar-refractivity contribution in [1.82, 2.24) is 5.32 Å². The lowest BCUT2D eigenvalue weighted by molar-refractivity contribution is -0.117. The molecule has 146 valence electrons. The average Bonchev–Trinajstić information content (AvgIpc) is 2.70. The van der Waals surface area contributed by atoms with Crippen LogP contribution in [0.4, 0.5) is 0 Å². The molecule has 1 amide bonds. The number of rotatable bonds is 9. The Morgan fingerprint density at radius 3 is 2.68 bits per heavy atom. The van der Waals surface area contributed by atoms with Gasteiger partial charge in [-0.15, -0.1) is 0 Å². The van der Waals surface area contributed by atoms with Gasteiger partial charge >= 0.3 is 0 Å². The molecule has 0 radical (unpaired) electrons. The summed E-state index contributed by atoms with van der Waals surface area (Å²) in [5.74, 6) is 0.467. The summed E-state index contributed by atoms with van der Waals surface area (Å²) in [6.45, 7) is 2.77. The molecular formula is C22H23ClN2O3. The largest absolute Gasteiger partial charge is 0.491 e. The van der Waals surface area contributed by atoms with Gasteiger partial charge in [0.05, 0.1) is 18.7 Å². The first-order valence-electron chi connectivity index (χ1n) is 9.03. The van der Waals surface area contributed by atoms with Crippen molar-refractivity contribution < 1.29 is 14.3 Å².